The van der Waals surface area contributed by atoms with E-state index < -0.39 is 35.1 Å². The highest BCUT2D eigenvalue weighted by molar-refractivity contribution is 6.08. The maximum absolute atomic E-state index is 13.7. The SMILES string of the molecule is Cn1cc(NC(=O)c2c(N3CC(Oc4cc(F)cc(C(F)(F)F)c4)C3)c(C3CC3)c[nH]c2=O)cn1. The minimum atomic E-state index is -4.70. The molecule has 0 unspecified atom stereocenters. The summed E-state index contributed by atoms with van der Waals surface area (Å²) in [6.07, 6.45) is 1.24. The van der Waals surface area contributed by atoms with Crippen molar-refractivity contribution in [2.24, 2.45) is 7.05 Å². The Kier molecular flexibility index (Phi) is 5.53. The number of anilines is 2. The topological polar surface area (TPSA) is 92.2 Å². The normalized spacial score (nSPS) is 16.2. The smallest absolute Gasteiger partial charge is 0.416 e. The number of hydrogen-bond acceptors (Lipinski definition) is 5. The molecule has 2 aliphatic rings. The third-order valence-corrected chi connectivity index (χ3v) is 5.97. The number of halogens is 4. The summed E-state index contributed by atoms with van der Waals surface area (Å²) in [4.78, 5) is 30.2. The van der Waals surface area contributed by atoms with Crippen LogP contribution >= 0.6 is 0 Å². The van der Waals surface area contributed by atoms with Crippen molar-refractivity contribution in [3.05, 3.63) is 69.7 Å². The van der Waals surface area contributed by atoms with Gasteiger partial charge in [-0.05, 0) is 36.5 Å². The van der Waals surface area contributed by atoms with Crippen molar-refractivity contribution in [3.63, 3.8) is 0 Å². The van der Waals surface area contributed by atoms with E-state index in [1.54, 1.807) is 24.3 Å². The molecule has 3 aromatic rings. The van der Waals surface area contributed by atoms with Crippen molar-refractivity contribution in [2.45, 2.75) is 31.0 Å². The number of carbonyl (C=O) groups excluding carboxylic acids is 1. The number of amides is 1. The van der Waals surface area contributed by atoms with Crippen LogP contribution in [0.15, 0.2) is 41.6 Å². The molecule has 1 aromatic carbocycles. The van der Waals surface area contributed by atoms with Gasteiger partial charge in [-0.2, -0.15) is 18.3 Å². The number of aromatic amines is 1. The highest BCUT2D eigenvalue weighted by Crippen LogP contribution is 2.45. The van der Waals surface area contributed by atoms with E-state index in [4.69, 9.17) is 4.74 Å². The highest BCUT2D eigenvalue weighted by Gasteiger charge is 2.38. The average molecular weight is 491 g/mol. The quantitative estimate of drug-likeness (QED) is 0.514. The zero-order valence-corrected chi connectivity index (χ0v) is 18.5. The van der Waals surface area contributed by atoms with E-state index in [-0.39, 0.29) is 30.3 Å². The molecule has 12 heteroatoms. The molecule has 184 valence electrons. The number of alkyl halides is 3. The zero-order valence-electron chi connectivity index (χ0n) is 18.5. The Morgan fingerprint density at radius 1 is 1.23 bits per heavy atom. The Labute approximate surface area is 196 Å². The van der Waals surface area contributed by atoms with Crippen molar-refractivity contribution in [1.82, 2.24) is 14.8 Å². The number of aromatic nitrogens is 3. The first kappa shape index (κ1) is 22.9. The monoisotopic (exact) mass is 491 g/mol. The van der Waals surface area contributed by atoms with Crippen LogP contribution in [0.3, 0.4) is 0 Å². The average Bonchev–Trinajstić information content (AvgIpc) is 3.51. The van der Waals surface area contributed by atoms with Crippen LogP contribution in [0, 0.1) is 5.82 Å². The molecule has 0 bridgehead atoms. The molecule has 0 atom stereocenters. The lowest BCUT2D eigenvalue weighted by molar-refractivity contribution is -0.137. The number of hydrogen-bond donors (Lipinski definition) is 2. The summed E-state index contributed by atoms with van der Waals surface area (Å²) < 4.78 is 59.8. The number of nitrogens with zero attached hydrogens (tertiary/aromatic N) is 3. The zero-order chi connectivity index (χ0) is 24.9. The van der Waals surface area contributed by atoms with Crippen LogP contribution in [0.1, 0.15) is 40.2 Å². The number of benzene rings is 1. The summed E-state index contributed by atoms with van der Waals surface area (Å²) in [5, 5.41) is 6.67. The number of aryl methyl sites for hydroxylation is 1. The summed E-state index contributed by atoms with van der Waals surface area (Å²) in [6, 6.07) is 2.06. The number of ether oxygens (including phenoxy) is 1. The van der Waals surface area contributed by atoms with E-state index in [0.717, 1.165) is 30.5 Å². The molecule has 5 rings (SSSR count). The Morgan fingerprint density at radius 3 is 2.60 bits per heavy atom. The third-order valence-electron chi connectivity index (χ3n) is 5.97. The summed E-state index contributed by atoms with van der Waals surface area (Å²) in [6.45, 7) is 0.433. The van der Waals surface area contributed by atoms with Gasteiger partial charge in [-0.15, -0.1) is 0 Å². The molecule has 35 heavy (non-hydrogen) atoms. The first-order valence-electron chi connectivity index (χ1n) is 10.9. The van der Waals surface area contributed by atoms with Gasteiger partial charge in [0.1, 0.15) is 23.2 Å². The van der Waals surface area contributed by atoms with E-state index in [2.05, 4.69) is 15.4 Å². The van der Waals surface area contributed by atoms with Gasteiger partial charge in [-0.3, -0.25) is 14.3 Å². The predicted octanol–water partition coefficient (Wildman–Crippen LogP) is 3.66. The van der Waals surface area contributed by atoms with Crippen LogP contribution in [-0.2, 0) is 13.2 Å². The van der Waals surface area contributed by atoms with Crippen molar-refractivity contribution < 1.29 is 27.1 Å². The van der Waals surface area contributed by atoms with Crippen molar-refractivity contribution in [3.8, 4) is 5.75 Å². The molecule has 8 nitrogen and oxygen atoms in total. The second kappa shape index (κ2) is 8.43. The largest absolute Gasteiger partial charge is 0.487 e. The summed E-state index contributed by atoms with van der Waals surface area (Å²) in [5.41, 5.74) is -0.0196. The second-order valence-corrected chi connectivity index (χ2v) is 8.75. The highest BCUT2D eigenvalue weighted by atomic mass is 19.4. The minimum Gasteiger partial charge on any atom is -0.487 e. The molecule has 1 saturated carbocycles. The van der Waals surface area contributed by atoms with Gasteiger partial charge in [0.15, 0.2) is 0 Å². The van der Waals surface area contributed by atoms with E-state index in [1.807, 2.05) is 0 Å². The van der Waals surface area contributed by atoms with Crippen LogP contribution < -0.4 is 20.5 Å². The molecule has 2 fully saturated rings. The number of pyridine rings is 1. The summed E-state index contributed by atoms with van der Waals surface area (Å²) >= 11 is 0. The standard InChI is InChI=1S/C23H21F4N5O3/c1-31-9-15(7-29-31)30-22(34)19-20(18(12-2-3-12)8-28-21(19)33)32-10-17(11-32)35-16-5-13(23(25,26)27)4-14(24)6-16/h4-9,12,17H,2-3,10-11H2,1H3,(H,28,33)(H,30,34). The van der Waals surface area contributed by atoms with Crippen molar-refractivity contribution >= 4 is 17.3 Å². The molecule has 2 aromatic heterocycles. The first-order chi connectivity index (χ1) is 16.6. The summed E-state index contributed by atoms with van der Waals surface area (Å²) in [7, 11) is 1.69. The molecule has 1 aliphatic carbocycles. The molecule has 1 aliphatic heterocycles. The molecule has 1 saturated heterocycles. The Morgan fingerprint density at radius 2 is 1.97 bits per heavy atom. The second-order valence-electron chi connectivity index (χ2n) is 8.75. The third kappa shape index (κ3) is 4.73. The lowest BCUT2D eigenvalue weighted by Crippen LogP contribution is -2.55. The van der Waals surface area contributed by atoms with Gasteiger partial charge in [-0.25, -0.2) is 4.39 Å². The molecule has 0 spiro atoms. The fourth-order valence-electron chi connectivity index (χ4n) is 4.15. The maximum Gasteiger partial charge on any atom is 0.416 e. The minimum absolute atomic E-state index is 0.0539. The van der Waals surface area contributed by atoms with Crippen molar-refractivity contribution in [2.75, 3.05) is 23.3 Å². The molecule has 2 N–H and O–H groups in total. The van der Waals surface area contributed by atoms with Gasteiger partial charge >= 0.3 is 6.18 Å². The van der Waals surface area contributed by atoms with Crippen LogP contribution in [-0.4, -0.2) is 39.9 Å². The molecular weight excluding hydrogens is 470 g/mol. The van der Waals surface area contributed by atoms with E-state index in [9.17, 15) is 27.2 Å². The van der Waals surface area contributed by atoms with Crippen molar-refractivity contribution in [1.29, 1.82) is 0 Å². The number of H-pyrrole nitrogens is 1. The van der Waals surface area contributed by atoms with Crippen LogP contribution in [0.25, 0.3) is 0 Å². The lowest BCUT2D eigenvalue weighted by Gasteiger charge is -2.42. The predicted molar refractivity (Wildman–Crippen MR) is 118 cm³/mol. The van der Waals surface area contributed by atoms with Gasteiger partial charge in [0, 0.05) is 25.5 Å². The molecule has 3 heterocycles. The Hall–Kier alpha value is -3.83. The Bertz CT molecular complexity index is 1340. The van der Waals surface area contributed by atoms with Crippen LogP contribution in [0.4, 0.5) is 28.9 Å². The fraction of sp³-hybridized carbons (Fsp3) is 0.348. The molecule has 1 amide bonds. The van der Waals surface area contributed by atoms with E-state index in [0.29, 0.717) is 17.4 Å². The molecule has 0 radical (unpaired) electrons. The lowest BCUT2D eigenvalue weighted by atomic mass is 10.0. The fourth-order valence-corrected chi connectivity index (χ4v) is 4.15. The van der Waals surface area contributed by atoms with Crippen LogP contribution in [0.2, 0.25) is 0 Å². The van der Waals surface area contributed by atoms with E-state index >= 15 is 0 Å². The number of nitrogens with one attached hydrogen (secondary N) is 2. The maximum atomic E-state index is 13.7. The number of rotatable bonds is 6. The van der Waals surface area contributed by atoms with E-state index in [1.165, 1.54) is 10.9 Å². The van der Waals surface area contributed by atoms with Gasteiger partial charge in [0.05, 0.1) is 36.2 Å². The number of carbonyl (C=O) groups is 1. The molecular formula is C23H21F4N5O3. The summed E-state index contributed by atoms with van der Waals surface area (Å²) in [5.74, 6) is -1.68. The first-order valence-corrected chi connectivity index (χ1v) is 10.9. The van der Waals surface area contributed by atoms with Gasteiger partial charge in [-0.1, -0.05) is 0 Å². The van der Waals surface area contributed by atoms with Gasteiger partial charge in [0.25, 0.3) is 11.5 Å². The van der Waals surface area contributed by atoms with Gasteiger partial charge < -0.3 is 19.9 Å². The van der Waals surface area contributed by atoms with Crippen LogP contribution in [0.5, 0.6) is 5.75 Å². The van der Waals surface area contributed by atoms with Gasteiger partial charge in [0.2, 0.25) is 0 Å². The Balaban J connectivity index is 1.38.